The van der Waals surface area contributed by atoms with Crippen molar-refractivity contribution in [3.63, 3.8) is 0 Å². The first-order valence-electron chi connectivity index (χ1n) is 5.91. The summed E-state index contributed by atoms with van der Waals surface area (Å²) in [7, 11) is 0. The van der Waals surface area contributed by atoms with Gasteiger partial charge in [0.25, 0.3) is 0 Å². The monoisotopic (exact) mass is 268 g/mol. The number of aliphatic imine (C=N–C) groups is 1. The number of nitrogens with zero attached hydrogens (tertiary/aromatic N) is 2. The van der Waals surface area contributed by atoms with E-state index in [0.29, 0.717) is 11.1 Å². The predicted octanol–water partition coefficient (Wildman–Crippen LogP) is 2.57. The van der Waals surface area contributed by atoms with E-state index in [4.69, 9.17) is 4.74 Å². The largest absolute Gasteiger partial charge is 0.402 e. The Hall–Kier alpha value is -2.82. The maximum atomic E-state index is 13.1. The van der Waals surface area contributed by atoms with Gasteiger partial charge in [-0.2, -0.15) is 0 Å². The van der Waals surface area contributed by atoms with Crippen LogP contribution in [0.1, 0.15) is 11.1 Å². The van der Waals surface area contributed by atoms with Gasteiger partial charge in [-0.25, -0.2) is 14.2 Å². The van der Waals surface area contributed by atoms with Gasteiger partial charge in [0.1, 0.15) is 5.82 Å². The Bertz CT molecular complexity index is 724. The Morgan fingerprint density at radius 1 is 1.20 bits per heavy atom. The Morgan fingerprint density at radius 2 is 2.10 bits per heavy atom. The molecule has 3 rings (SSSR count). The van der Waals surface area contributed by atoms with Crippen LogP contribution in [0.2, 0.25) is 0 Å². The summed E-state index contributed by atoms with van der Waals surface area (Å²) in [5, 5.41) is 0. The highest BCUT2D eigenvalue weighted by Gasteiger charge is 2.24. The molecule has 1 aromatic heterocycles. The summed E-state index contributed by atoms with van der Waals surface area (Å²) in [5.41, 5.74) is 1.30. The molecule has 1 aliphatic heterocycles. The lowest BCUT2D eigenvalue weighted by molar-refractivity contribution is -0.129. The number of benzene rings is 1. The van der Waals surface area contributed by atoms with Crippen molar-refractivity contribution in [3.8, 4) is 0 Å². The summed E-state index contributed by atoms with van der Waals surface area (Å²) < 4.78 is 18.2. The first kappa shape index (κ1) is 12.2. The van der Waals surface area contributed by atoms with Gasteiger partial charge in [-0.3, -0.25) is 4.98 Å². The molecule has 0 saturated heterocycles. The zero-order valence-corrected chi connectivity index (χ0v) is 10.3. The number of esters is 1. The lowest BCUT2D eigenvalue weighted by atomic mass is 10.2. The third kappa shape index (κ3) is 2.47. The Balaban J connectivity index is 1.95. The molecule has 0 atom stereocenters. The van der Waals surface area contributed by atoms with Gasteiger partial charge in [0.05, 0.1) is 5.56 Å². The van der Waals surface area contributed by atoms with Crippen molar-refractivity contribution in [2.24, 2.45) is 4.99 Å². The van der Waals surface area contributed by atoms with E-state index in [0.717, 1.165) is 0 Å². The van der Waals surface area contributed by atoms with Crippen molar-refractivity contribution in [1.82, 2.24) is 4.98 Å². The molecular weight excluding hydrogens is 259 g/mol. The number of hydrogen-bond acceptors (Lipinski definition) is 4. The van der Waals surface area contributed by atoms with Crippen molar-refractivity contribution < 1.29 is 13.9 Å². The van der Waals surface area contributed by atoms with Crippen LogP contribution in [0.25, 0.3) is 6.08 Å². The van der Waals surface area contributed by atoms with Gasteiger partial charge in [0.2, 0.25) is 5.90 Å². The number of ether oxygens (including phenoxy) is 1. The van der Waals surface area contributed by atoms with Gasteiger partial charge >= 0.3 is 5.97 Å². The minimum atomic E-state index is -0.562. The van der Waals surface area contributed by atoms with Gasteiger partial charge in [-0.15, -0.1) is 0 Å². The fraction of sp³-hybridized carbons (Fsp3) is 0. The fourth-order valence-electron chi connectivity index (χ4n) is 1.78. The van der Waals surface area contributed by atoms with Gasteiger partial charge in [-0.05, 0) is 35.9 Å². The smallest absolute Gasteiger partial charge is 0.363 e. The molecule has 98 valence electrons. The second-order valence-corrected chi connectivity index (χ2v) is 4.13. The third-order valence-corrected chi connectivity index (χ3v) is 2.68. The normalized spacial score (nSPS) is 16.1. The zero-order valence-electron chi connectivity index (χ0n) is 10.3. The van der Waals surface area contributed by atoms with Crippen LogP contribution in [0, 0.1) is 5.82 Å². The van der Waals surface area contributed by atoms with Crippen LogP contribution in [-0.2, 0) is 9.53 Å². The second-order valence-electron chi connectivity index (χ2n) is 4.13. The number of aromatic nitrogens is 1. The van der Waals surface area contributed by atoms with Gasteiger partial charge in [0.15, 0.2) is 5.70 Å². The molecule has 0 radical (unpaired) electrons. The van der Waals surface area contributed by atoms with E-state index in [2.05, 4.69) is 9.98 Å². The minimum Gasteiger partial charge on any atom is -0.402 e. The van der Waals surface area contributed by atoms with E-state index in [1.807, 2.05) is 0 Å². The summed E-state index contributed by atoms with van der Waals surface area (Å²) in [6, 6.07) is 9.36. The summed E-state index contributed by atoms with van der Waals surface area (Å²) >= 11 is 0. The second kappa shape index (κ2) is 5.05. The maximum absolute atomic E-state index is 13.1. The Kier molecular flexibility index (Phi) is 3.09. The third-order valence-electron chi connectivity index (χ3n) is 2.68. The number of hydrogen-bond donors (Lipinski definition) is 0. The van der Waals surface area contributed by atoms with Crippen LogP contribution < -0.4 is 0 Å². The molecule has 0 bridgehead atoms. The average molecular weight is 268 g/mol. The molecule has 0 amide bonds. The van der Waals surface area contributed by atoms with Crippen LogP contribution in [0.15, 0.2) is 59.5 Å². The van der Waals surface area contributed by atoms with Crippen molar-refractivity contribution in [2.45, 2.75) is 0 Å². The van der Waals surface area contributed by atoms with Crippen LogP contribution in [0.4, 0.5) is 4.39 Å². The lowest BCUT2D eigenvalue weighted by Crippen LogP contribution is -2.05. The molecule has 2 aromatic rings. The molecule has 2 heterocycles. The number of carbonyl (C=O) groups is 1. The molecule has 0 aliphatic carbocycles. The molecule has 1 aliphatic rings. The van der Waals surface area contributed by atoms with E-state index in [9.17, 15) is 9.18 Å². The molecule has 0 spiro atoms. The quantitative estimate of drug-likeness (QED) is 0.621. The van der Waals surface area contributed by atoms with E-state index in [1.165, 1.54) is 18.2 Å². The van der Waals surface area contributed by atoms with Crippen molar-refractivity contribution in [2.75, 3.05) is 0 Å². The highest BCUT2D eigenvalue weighted by atomic mass is 19.1. The molecule has 0 unspecified atom stereocenters. The van der Waals surface area contributed by atoms with E-state index in [-0.39, 0.29) is 17.4 Å². The van der Waals surface area contributed by atoms with Gasteiger partial charge < -0.3 is 4.74 Å². The minimum absolute atomic E-state index is 0.134. The highest BCUT2D eigenvalue weighted by molar-refractivity contribution is 6.12. The molecule has 4 nitrogen and oxygen atoms in total. The number of carbonyl (C=O) groups excluding carboxylic acids is 1. The fourth-order valence-corrected chi connectivity index (χ4v) is 1.78. The standard InChI is InChI=1S/C15H9FN2O2/c16-12-5-1-3-10(7-12)8-13-15(19)20-14(18-13)11-4-2-6-17-9-11/h1-9H/b13-8+. The Morgan fingerprint density at radius 3 is 2.85 bits per heavy atom. The van der Waals surface area contributed by atoms with E-state index in [1.54, 1.807) is 36.7 Å². The molecule has 5 heteroatoms. The van der Waals surface area contributed by atoms with Crippen molar-refractivity contribution in [1.29, 1.82) is 0 Å². The summed E-state index contributed by atoms with van der Waals surface area (Å²) in [6.07, 6.45) is 4.65. The van der Waals surface area contributed by atoms with Crippen LogP contribution >= 0.6 is 0 Å². The van der Waals surface area contributed by atoms with Crippen molar-refractivity contribution >= 4 is 17.9 Å². The lowest BCUT2D eigenvalue weighted by Gasteiger charge is -1.96. The number of halogens is 1. The highest BCUT2D eigenvalue weighted by Crippen LogP contribution is 2.18. The first-order valence-corrected chi connectivity index (χ1v) is 5.91. The Labute approximate surface area is 114 Å². The topological polar surface area (TPSA) is 51.5 Å². The summed E-state index contributed by atoms with van der Waals surface area (Å²) in [6.45, 7) is 0. The average Bonchev–Trinajstić information content (AvgIpc) is 2.81. The van der Waals surface area contributed by atoms with Crippen LogP contribution in [0.3, 0.4) is 0 Å². The number of cyclic esters (lactones) is 1. The zero-order chi connectivity index (χ0) is 13.9. The summed E-state index contributed by atoms with van der Waals surface area (Å²) in [4.78, 5) is 19.8. The van der Waals surface area contributed by atoms with Gasteiger partial charge in [0, 0.05) is 12.4 Å². The van der Waals surface area contributed by atoms with Crippen LogP contribution in [0.5, 0.6) is 0 Å². The summed E-state index contributed by atoms with van der Waals surface area (Å²) in [5.74, 6) is -0.735. The number of rotatable bonds is 2. The van der Waals surface area contributed by atoms with Gasteiger partial charge in [-0.1, -0.05) is 12.1 Å². The molecule has 1 aromatic carbocycles. The maximum Gasteiger partial charge on any atom is 0.363 e. The van der Waals surface area contributed by atoms with Crippen molar-refractivity contribution in [3.05, 3.63) is 71.4 Å². The SMILES string of the molecule is O=C1OC(c2cccnc2)=N/C1=C/c1cccc(F)c1. The molecule has 0 saturated carbocycles. The molecule has 20 heavy (non-hydrogen) atoms. The first-order chi connectivity index (χ1) is 9.72. The number of pyridine rings is 1. The van der Waals surface area contributed by atoms with Crippen LogP contribution in [-0.4, -0.2) is 16.9 Å². The molecular formula is C15H9FN2O2. The molecule has 0 N–H and O–H groups in total. The molecule has 0 fully saturated rings. The van der Waals surface area contributed by atoms with E-state index >= 15 is 0 Å². The van der Waals surface area contributed by atoms with E-state index < -0.39 is 5.97 Å². The predicted molar refractivity (Wildman–Crippen MR) is 71.2 cm³/mol.